The standard InChI is InChI=1S/C37H61O3P/c1-26(25-41(38,39)40)17-15-14-16-18-29(30-21-19-27(34(2,3)4)23-32(30)36(8,9)10)31-22-20-28(35(5,6)7)24-33(31)37(11,12)13/h19-24,29,38-41H,1,14-18,25H2,2-13H3. The molecule has 0 aliphatic carbocycles. The van der Waals surface area contributed by atoms with Gasteiger partial charge in [-0.05, 0) is 10.8 Å². The van der Waals surface area contributed by atoms with Crippen LogP contribution in [0.25, 0.3) is 0 Å². The molecule has 0 aliphatic rings. The first-order valence-corrected chi connectivity index (χ1v) is 17.6. The van der Waals surface area contributed by atoms with Crippen molar-refractivity contribution in [3.05, 3.63) is 81.9 Å². The Labute approximate surface area is 253 Å². The van der Waals surface area contributed by atoms with Crippen molar-refractivity contribution in [3.63, 3.8) is 0 Å². The van der Waals surface area contributed by atoms with Crippen LogP contribution in [-0.2, 0) is 21.7 Å². The summed E-state index contributed by atoms with van der Waals surface area (Å²) < 4.78 is 0. The van der Waals surface area contributed by atoms with Crippen molar-refractivity contribution in [3.8, 4) is 0 Å². The van der Waals surface area contributed by atoms with Gasteiger partial charge in [-0.3, -0.25) is 0 Å². The fourth-order valence-corrected chi connectivity index (χ4v) is 6.60. The summed E-state index contributed by atoms with van der Waals surface area (Å²) >= 11 is 0. The van der Waals surface area contributed by atoms with Crippen LogP contribution in [-0.4, -0.2) is 20.8 Å². The van der Waals surface area contributed by atoms with Gasteiger partial charge in [-0.25, -0.2) is 0 Å². The van der Waals surface area contributed by atoms with Crippen LogP contribution in [0.2, 0.25) is 0 Å². The van der Waals surface area contributed by atoms with Crippen molar-refractivity contribution in [2.45, 2.75) is 143 Å². The topological polar surface area (TPSA) is 60.7 Å². The maximum absolute atomic E-state index is 9.43. The molecule has 232 valence electrons. The first-order chi connectivity index (χ1) is 18.4. The van der Waals surface area contributed by atoms with Gasteiger partial charge in [0.2, 0.25) is 0 Å². The maximum atomic E-state index is 9.43. The van der Waals surface area contributed by atoms with E-state index in [-0.39, 0.29) is 33.7 Å². The van der Waals surface area contributed by atoms with Crippen LogP contribution in [0.3, 0.4) is 0 Å². The number of rotatable bonds is 10. The molecular formula is C37H61O3P. The van der Waals surface area contributed by atoms with E-state index in [2.05, 4.69) is 126 Å². The van der Waals surface area contributed by atoms with Gasteiger partial charge in [0.05, 0.1) is 0 Å². The van der Waals surface area contributed by atoms with Crippen LogP contribution in [0.4, 0.5) is 0 Å². The quantitative estimate of drug-likeness (QED) is 0.148. The Morgan fingerprint density at radius 3 is 1.39 bits per heavy atom. The molecule has 0 heterocycles. The van der Waals surface area contributed by atoms with E-state index >= 15 is 0 Å². The van der Waals surface area contributed by atoms with Gasteiger partial charge in [-0.2, -0.15) is 0 Å². The third kappa shape index (κ3) is 10.6. The minimum absolute atomic E-state index is 0.00903. The average molecular weight is 585 g/mol. The van der Waals surface area contributed by atoms with Crippen molar-refractivity contribution in [1.82, 2.24) is 0 Å². The Kier molecular flexibility index (Phi) is 11.3. The normalized spacial score (nSPS) is 14.0. The van der Waals surface area contributed by atoms with E-state index in [9.17, 15) is 14.7 Å². The molecule has 2 aromatic carbocycles. The number of allylic oxidation sites excluding steroid dienone is 1. The molecule has 0 saturated carbocycles. The predicted molar refractivity (Wildman–Crippen MR) is 182 cm³/mol. The molecule has 0 saturated heterocycles. The molecule has 0 aromatic heterocycles. The van der Waals surface area contributed by atoms with Gasteiger partial charge >= 0.3 is 201 Å². The molecule has 3 nitrogen and oxygen atoms in total. The molecule has 0 aliphatic heterocycles. The van der Waals surface area contributed by atoms with E-state index in [1.165, 1.54) is 33.4 Å². The van der Waals surface area contributed by atoms with Crippen LogP contribution in [0.5, 0.6) is 0 Å². The molecular weight excluding hydrogens is 523 g/mol. The average Bonchev–Trinajstić information content (AvgIpc) is 2.77. The van der Waals surface area contributed by atoms with E-state index < -0.39 is 7.94 Å². The summed E-state index contributed by atoms with van der Waals surface area (Å²) in [4.78, 5) is 28.3. The summed E-state index contributed by atoms with van der Waals surface area (Å²) in [5, 5.41) is 0. The summed E-state index contributed by atoms with van der Waals surface area (Å²) in [5.74, 6) is 0.275. The third-order valence-electron chi connectivity index (χ3n) is 8.22. The fraction of sp³-hybridized carbons (Fsp3) is 0.622. The first-order valence-electron chi connectivity index (χ1n) is 15.5. The third-order valence-corrected chi connectivity index (χ3v) is 9.19. The van der Waals surface area contributed by atoms with Crippen molar-refractivity contribution >= 4 is 7.94 Å². The van der Waals surface area contributed by atoms with Crippen LogP contribution < -0.4 is 0 Å². The van der Waals surface area contributed by atoms with Gasteiger partial charge < -0.3 is 0 Å². The molecule has 2 rings (SSSR count). The molecule has 2 aromatic rings. The van der Waals surface area contributed by atoms with Gasteiger partial charge in [0.1, 0.15) is 0 Å². The fourth-order valence-electron chi connectivity index (χ4n) is 5.75. The summed E-state index contributed by atoms with van der Waals surface area (Å²) in [6, 6.07) is 14.4. The summed E-state index contributed by atoms with van der Waals surface area (Å²) in [6.07, 6.45) is 4.71. The zero-order valence-corrected chi connectivity index (χ0v) is 29.3. The molecule has 0 radical (unpaired) electrons. The number of unbranched alkanes of at least 4 members (excludes halogenated alkanes) is 2. The van der Waals surface area contributed by atoms with Crippen molar-refractivity contribution in [2.24, 2.45) is 0 Å². The van der Waals surface area contributed by atoms with Crippen molar-refractivity contribution in [1.29, 1.82) is 0 Å². The van der Waals surface area contributed by atoms with Crippen LogP contribution in [0, 0.1) is 0 Å². The van der Waals surface area contributed by atoms with Crippen molar-refractivity contribution in [2.75, 3.05) is 6.16 Å². The van der Waals surface area contributed by atoms with Crippen LogP contribution >= 0.6 is 7.94 Å². The summed E-state index contributed by atoms with van der Waals surface area (Å²) in [7, 11) is -4.08. The van der Waals surface area contributed by atoms with Crippen molar-refractivity contribution < 1.29 is 14.7 Å². The monoisotopic (exact) mass is 584 g/mol. The second-order valence-corrected chi connectivity index (χ2v) is 18.4. The van der Waals surface area contributed by atoms with Gasteiger partial charge in [0.25, 0.3) is 0 Å². The molecule has 0 atom stereocenters. The Morgan fingerprint density at radius 1 is 0.634 bits per heavy atom. The molecule has 4 heteroatoms. The number of hydrogen-bond donors (Lipinski definition) is 3. The van der Waals surface area contributed by atoms with Gasteiger partial charge in [0, 0.05) is 0 Å². The van der Waals surface area contributed by atoms with E-state index in [0.717, 1.165) is 31.3 Å². The molecule has 0 bridgehead atoms. The molecule has 41 heavy (non-hydrogen) atoms. The van der Waals surface area contributed by atoms with Crippen LogP contribution in [0.1, 0.15) is 154 Å². The molecule has 0 fully saturated rings. The number of benzene rings is 2. The van der Waals surface area contributed by atoms with E-state index in [1.54, 1.807) is 0 Å². The SMILES string of the molecule is C=C(CCCCCC(c1ccc(C(C)(C)C)cc1C(C)(C)C)c1ccc(C(C)(C)C)cc1C(C)(C)C)C[PH](O)(O)O. The Hall–Kier alpha value is -1.51. The number of hydrogen-bond acceptors (Lipinski definition) is 3. The Morgan fingerprint density at radius 2 is 1.05 bits per heavy atom. The molecule has 0 spiro atoms. The predicted octanol–water partition coefficient (Wildman–Crippen LogP) is 9.99. The van der Waals surface area contributed by atoms with E-state index in [4.69, 9.17) is 0 Å². The molecule has 3 N–H and O–H groups in total. The second kappa shape index (κ2) is 13.0. The summed E-state index contributed by atoms with van der Waals surface area (Å²) in [6.45, 7) is 31.7. The zero-order valence-electron chi connectivity index (χ0n) is 28.3. The Balaban J connectivity index is 2.60. The molecule has 0 amide bonds. The minimum atomic E-state index is -4.08. The van der Waals surface area contributed by atoms with Gasteiger partial charge in [0.15, 0.2) is 0 Å². The van der Waals surface area contributed by atoms with Gasteiger partial charge in [-0.1, -0.05) is 41.5 Å². The van der Waals surface area contributed by atoms with E-state index in [1.807, 2.05) is 0 Å². The van der Waals surface area contributed by atoms with Crippen LogP contribution in [0.15, 0.2) is 48.6 Å². The molecule has 0 unspecified atom stereocenters. The second-order valence-electron chi connectivity index (χ2n) is 16.5. The Bertz CT molecular complexity index is 1100. The van der Waals surface area contributed by atoms with Gasteiger partial charge in [-0.15, -0.1) is 0 Å². The zero-order chi connectivity index (χ0) is 31.6. The van der Waals surface area contributed by atoms with E-state index in [0.29, 0.717) is 6.42 Å². The first kappa shape index (κ1) is 35.7. The summed E-state index contributed by atoms with van der Waals surface area (Å²) in [5.41, 5.74) is 9.37.